The van der Waals surface area contributed by atoms with E-state index < -0.39 is 20.6 Å². The Hall–Kier alpha value is -2.53. The molecule has 2 aromatic rings. The lowest BCUT2D eigenvalue weighted by Gasteiger charge is -2.26. The predicted molar refractivity (Wildman–Crippen MR) is 105 cm³/mol. The zero-order valence-corrected chi connectivity index (χ0v) is 16.2. The average molecular weight is 425 g/mol. The Morgan fingerprint density at radius 2 is 1.96 bits per heavy atom. The number of benzene rings is 2. The van der Waals surface area contributed by atoms with E-state index >= 15 is 0 Å². The van der Waals surface area contributed by atoms with Crippen LogP contribution in [0.4, 0.5) is 11.4 Å². The van der Waals surface area contributed by atoms with Crippen molar-refractivity contribution >= 4 is 39.2 Å². The largest absolute Gasteiger partial charge is 0.379 e. The molecule has 9 nitrogen and oxygen atoms in total. The van der Waals surface area contributed by atoms with Gasteiger partial charge in [-0.2, -0.15) is 9.41 Å². The molecule has 1 fully saturated rings. The fourth-order valence-corrected chi connectivity index (χ4v) is 4.24. The van der Waals surface area contributed by atoms with Crippen LogP contribution in [0.25, 0.3) is 0 Å². The van der Waals surface area contributed by atoms with Crippen molar-refractivity contribution in [3.8, 4) is 0 Å². The molecule has 11 heteroatoms. The zero-order chi connectivity index (χ0) is 20.1. The topological polar surface area (TPSA) is 114 Å². The van der Waals surface area contributed by atoms with Crippen molar-refractivity contribution in [2.45, 2.75) is 4.90 Å². The fraction of sp³-hybridized carbons (Fsp3) is 0.235. The highest BCUT2D eigenvalue weighted by Crippen LogP contribution is 2.29. The van der Waals surface area contributed by atoms with Gasteiger partial charge in [0, 0.05) is 24.2 Å². The van der Waals surface area contributed by atoms with Gasteiger partial charge in [-0.3, -0.25) is 15.5 Å². The Morgan fingerprint density at radius 1 is 1.21 bits per heavy atom. The maximum Gasteiger partial charge on any atom is 0.295 e. The third-order valence-electron chi connectivity index (χ3n) is 4.02. The molecule has 1 aliphatic rings. The smallest absolute Gasteiger partial charge is 0.295 e. The molecule has 0 spiro atoms. The molecule has 148 valence electrons. The van der Waals surface area contributed by atoms with Crippen LogP contribution in [-0.2, 0) is 14.8 Å². The Labute approximate surface area is 166 Å². The summed E-state index contributed by atoms with van der Waals surface area (Å²) in [7, 11) is -3.84. The van der Waals surface area contributed by atoms with E-state index in [9.17, 15) is 18.5 Å². The molecule has 0 atom stereocenters. The summed E-state index contributed by atoms with van der Waals surface area (Å²) < 4.78 is 31.8. The molecule has 0 bridgehead atoms. The van der Waals surface area contributed by atoms with E-state index in [1.165, 1.54) is 22.7 Å². The molecule has 0 aromatic heterocycles. The van der Waals surface area contributed by atoms with Crippen LogP contribution in [0.15, 0.2) is 52.5 Å². The van der Waals surface area contributed by atoms with E-state index in [0.29, 0.717) is 23.8 Å². The predicted octanol–water partition coefficient (Wildman–Crippen LogP) is 2.72. The number of nitrogens with zero attached hydrogens (tertiary/aromatic N) is 3. The molecule has 0 amide bonds. The van der Waals surface area contributed by atoms with Crippen LogP contribution >= 0.6 is 11.6 Å². The Bertz CT molecular complexity index is 1010. The number of morpholine rings is 1. The SMILES string of the molecule is O=[N+]([O-])c1cc(S(=O)(=O)N2CCOCC2)ccc1N/N=C\c1cccc(Cl)c1. The normalized spacial score (nSPS) is 15.6. The number of nitro groups is 1. The maximum absolute atomic E-state index is 12.7. The van der Waals surface area contributed by atoms with Gasteiger partial charge in [-0.05, 0) is 29.8 Å². The van der Waals surface area contributed by atoms with Gasteiger partial charge in [0.1, 0.15) is 5.69 Å². The Balaban J connectivity index is 1.84. The van der Waals surface area contributed by atoms with E-state index in [1.807, 2.05) is 0 Å². The number of hydrazone groups is 1. The highest BCUT2D eigenvalue weighted by Gasteiger charge is 2.28. The first kappa shape index (κ1) is 20.2. The van der Waals surface area contributed by atoms with Crippen molar-refractivity contribution in [1.82, 2.24) is 4.31 Å². The van der Waals surface area contributed by atoms with Gasteiger partial charge in [-0.25, -0.2) is 8.42 Å². The van der Waals surface area contributed by atoms with E-state index in [0.717, 1.165) is 6.07 Å². The van der Waals surface area contributed by atoms with Gasteiger partial charge in [0.25, 0.3) is 5.69 Å². The summed E-state index contributed by atoms with van der Waals surface area (Å²) in [6.07, 6.45) is 1.45. The molecule has 1 aliphatic heterocycles. The Morgan fingerprint density at radius 3 is 2.64 bits per heavy atom. The third-order valence-corrected chi connectivity index (χ3v) is 6.15. The quantitative estimate of drug-likeness (QED) is 0.433. The summed E-state index contributed by atoms with van der Waals surface area (Å²) in [5, 5.41) is 15.9. The second kappa shape index (κ2) is 8.65. The van der Waals surface area contributed by atoms with Crippen molar-refractivity contribution in [3.05, 3.63) is 63.2 Å². The van der Waals surface area contributed by atoms with E-state index in [1.54, 1.807) is 24.3 Å². The van der Waals surface area contributed by atoms with Crippen LogP contribution in [0.5, 0.6) is 0 Å². The number of anilines is 1. The number of ether oxygens (including phenoxy) is 1. The minimum absolute atomic E-state index is 0.0733. The van der Waals surface area contributed by atoms with E-state index in [-0.39, 0.29) is 23.7 Å². The van der Waals surface area contributed by atoms with Crippen LogP contribution in [0.1, 0.15) is 5.56 Å². The minimum Gasteiger partial charge on any atom is -0.379 e. The first-order valence-electron chi connectivity index (χ1n) is 8.29. The summed E-state index contributed by atoms with van der Waals surface area (Å²) >= 11 is 5.89. The monoisotopic (exact) mass is 424 g/mol. The van der Waals surface area contributed by atoms with Gasteiger partial charge >= 0.3 is 0 Å². The number of rotatable bonds is 6. The number of nitro benzene ring substituents is 1. The summed E-state index contributed by atoms with van der Waals surface area (Å²) in [5.41, 5.74) is 2.96. The summed E-state index contributed by atoms with van der Waals surface area (Å²) in [5.74, 6) is 0. The van der Waals surface area contributed by atoms with Gasteiger partial charge in [-0.1, -0.05) is 23.7 Å². The molecule has 1 N–H and O–H groups in total. The standard InChI is InChI=1S/C17H17ClN4O5S/c18-14-3-1-2-13(10-14)12-19-20-16-5-4-15(11-17(16)22(23)24)28(25,26)21-6-8-27-9-7-21/h1-5,10-12,20H,6-9H2/b19-12-. The number of nitrogens with one attached hydrogen (secondary N) is 1. The van der Waals surface area contributed by atoms with Crippen LogP contribution in [0, 0.1) is 10.1 Å². The van der Waals surface area contributed by atoms with E-state index in [2.05, 4.69) is 10.5 Å². The van der Waals surface area contributed by atoms with Gasteiger partial charge < -0.3 is 4.74 Å². The first-order valence-corrected chi connectivity index (χ1v) is 10.1. The highest BCUT2D eigenvalue weighted by atomic mass is 35.5. The number of halogens is 1. The number of hydrogen-bond donors (Lipinski definition) is 1. The molecule has 0 radical (unpaired) electrons. The Kier molecular flexibility index (Phi) is 6.25. The van der Waals surface area contributed by atoms with Crippen molar-refractivity contribution in [2.24, 2.45) is 5.10 Å². The molecule has 0 saturated carbocycles. The summed E-state index contributed by atoms with van der Waals surface area (Å²) in [6.45, 7) is 0.998. The minimum atomic E-state index is -3.84. The van der Waals surface area contributed by atoms with Crippen LogP contribution in [-0.4, -0.2) is 50.2 Å². The number of hydrogen-bond acceptors (Lipinski definition) is 7. The maximum atomic E-state index is 12.7. The molecule has 1 heterocycles. The van der Waals surface area contributed by atoms with Crippen molar-refractivity contribution in [1.29, 1.82) is 0 Å². The van der Waals surface area contributed by atoms with Crippen LogP contribution < -0.4 is 5.43 Å². The van der Waals surface area contributed by atoms with Crippen molar-refractivity contribution in [3.63, 3.8) is 0 Å². The first-order chi connectivity index (χ1) is 13.4. The average Bonchev–Trinajstić information content (AvgIpc) is 2.68. The van der Waals surface area contributed by atoms with Gasteiger partial charge in [-0.15, -0.1) is 0 Å². The lowest BCUT2D eigenvalue weighted by atomic mass is 10.2. The third kappa shape index (κ3) is 4.65. The molecule has 28 heavy (non-hydrogen) atoms. The van der Waals surface area contributed by atoms with Gasteiger partial charge in [0.05, 0.1) is 29.2 Å². The second-order valence-electron chi connectivity index (χ2n) is 5.88. The molecule has 1 saturated heterocycles. The number of sulfonamides is 1. The van der Waals surface area contributed by atoms with Gasteiger partial charge in [0.2, 0.25) is 10.0 Å². The molecular formula is C17H17ClN4O5S. The molecule has 2 aromatic carbocycles. The fourth-order valence-electron chi connectivity index (χ4n) is 2.62. The summed E-state index contributed by atoms with van der Waals surface area (Å²) in [4.78, 5) is 10.6. The summed E-state index contributed by atoms with van der Waals surface area (Å²) in [6, 6.07) is 10.6. The molecular weight excluding hydrogens is 408 g/mol. The lowest BCUT2D eigenvalue weighted by Crippen LogP contribution is -2.40. The van der Waals surface area contributed by atoms with Crippen molar-refractivity contribution < 1.29 is 18.1 Å². The van der Waals surface area contributed by atoms with Gasteiger partial charge in [0.15, 0.2) is 0 Å². The highest BCUT2D eigenvalue weighted by molar-refractivity contribution is 7.89. The molecule has 0 unspecified atom stereocenters. The molecule has 3 rings (SSSR count). The van der Waals surface area contributed by atoms with Crippen molar-refractivity contribution in [2.75, 3.05) is 31.7 Å². The van der Waals surface area contributed by atoms with E-state index in [4.69, 9.17) is 16.3 Å². The van der Waals surface area contributed by atoms with Crippen LogP contribution in [0.3, 0.4) is 0 Å². The second-order valence-corrected chi connectivity index (χ2v) is 8.25. The zero-order valence-electron chi connectivity index (χ0n) is 14.6. The van der Waals surface area contributed by atoms with Crippen LogP contribution in [0.2, 0.25) is 5.02 Å². The molecule has 0 aliphatic carbocycles. The lowest BCUT2D eigenvalue weighted by molar-refractivity contribution is -0.384.